The Morgan fingerprint density at radius 3 is 2.56 bits per heavy atom. The molecule has 172 valence electrons. The van der Waals surface area contributed by atoms with E-state index in [9.17, 15) is 5.26 Å². The van der Waals surface area contributed by atoms with Crippen molar-refractivity contribution in [3.63, 3.8) is 0 Å². The van der Waals surface area contributed by atoms with Gasteiger partial charge in [-0.05, 0) is 21.0 Å². The molecular formula is C22H34N10. The number of likely N-dealkylation sites (N-methyl/N-ethyl adjacent to an activating group) is 1. The van der Waals surface area contributed by atoms with Crippen molar-refractivity contribution in [2.75, 3.05) is 76.7 Å². The zero-order valence-corrected chi connectivity index (χ0v) is 19.6. The van der Waals surface area contributed by atoms with Crippen LogP contribution >= 0.6 is 0 Å². The molecule has 10 heteroatoms. The Hall–Kier alpha value is -2.74. The van der Waals surface area contributed by atoms with E-state index in [4.69, 9.17) is 4.98 Å². The van der Waals surface area contributed by atoms with Gasteiger partial charge in [0.15, 0.2) is 0 Å². The fraction of sp³-hybridized carbons (Fsp3) is 0.636. The second-order valence-electron chi connectivity index (χ2n) is 9.28. The van der Waals surface area contributed by atoms with Gasteiger partial charge in [-0.15, -0.1) is 0 Å². The van der Waals surface area contributed by atoms with Crippen molar-refractivity contribution in [1.29, 1.82) is 5.26 Å². The minimum Gasteiger partial charge on any atom is -0.352 e. The van der Waals surface area contributed by atoms with Crippen molar-refractivity contribution in [2.45, 2.75) is 18.9 Å². The fourth-order valence-corrected chi connectivity index (χ4v) is 4.60. The third-order valence-corrected chi connectivity index (χ3v) is 6.49. The number of nitrogens with zero attached hydrogens (tertiary/aromatic N) is 9. The monoisotopic (exact) mass is 438 g/mol. The zero-order chi connectivity index (χ0) is 22.7. The lowest BCUT2D eigenvalue weighted by Crippen LogP contribution is -2.73. The summed E-state index contributed by atoms with van der Waals surface area (Å²) in [5.74, 6) is 1.50. The molecule has 2 aromatic heterocycles. The van der Waals surface area contributed by atoms with Crippen molar-refractivity contribution in [3.8, 4) is 6.07 Å². The first-order valence-electron chi connectivity index (χ1n) is 11.2. The molecule has 0 amide bonds. The minimum atomic E-state index is -0.0866. The van der Waals surface area contributed by atoms with E-state index in [-0.39, 0.29) is 5.54 Å². The molecule has 0 aromatic carbocycles. The highest BCUT2D eigenvalue weighted by Crippen LogP contribution is 2.36. The number of aryl methyl sites for hydroxylation is 2. The predicted octanol–water partition coefficient (Wildman–Crippen LogP) is 0.914. The maximum atomic E-state index is 9.56. The van der Waals surface area contributed by atoms with Crippen LogP contribution in [0.25, 0.3) is 0 Å². The van der Waals surface area contributed by atoms with Gasteiger partial charge in [-0.2, -0.15) is 15.3 Å². The predicted molar refractivity (Wildman–Crippen MR) is 125 cm³/mol. The highest BCUT2D eigenvalue weighted by molar-refractivity contribution is 5.57. The second kappa shape index (κ2) is 9.40. The summed E-state index contributed by atoms with van der Waals surface area (Å²) >= 11 is 0. The van der Waals surface area contributed by atoms with E-state index in [1.54, 1.807) is 10.9 Å². The molecule has 0 bridgehead atoms. The molecule has 0 atom stereocenters. The Morgan fingerprint density at radius 2 is 1.94 bits per heavy atom. The molecule has 10 nitrogen and oxygen atoms in total. The highest BCUT2D eigenvalue weighted by Gasteiger charge is 2.49. The molecule has 0 spiro atoms. The molecule has 0 saturated carbocycles. The van der Waals surface area contributed by atoms with Crippen LogP contribution in [0.3, 0.4) is 0 Å². The average Bonchev–Trinajstić information content (AvgIpc) is 3.15. The van der Waals surface area contributed by atoms with Gasteiger partial charge in [-0.3, -0.25) is 14.5 Å². The van der Waals surface area contributed by atoms with E-state index < -0.39 is 0 Å². The number of nitrogens with one attached hydrogen (secondary N) is 1. The van der Waals surface area contributed by atoms with Crippen LogP contribution in [0.1, 0.15) is 12.0 Å². The lowest BCUT2D eigenvalue weighted by molar-refractivity contribution is 0.0139. The van der Waals surface area contributed by atoms with E-state index in [2.05, 4.69) is 55.2 Å². The molecule has 0 aliphatic carbocycles. The molecule has 0 unspecified atom stereocenters. The van der Waals surface area contributed by atoms with Gasteiger partial charge in [0.25, 0.3) is 0 Å². The topological polar surface area (TPSA) is 92.4 Å². The third-order valence-electron chi connectivity index (χ3n) is 6.49. The standard InChI is InChI=1S/C22H34N10/c1-18-13-24-21(26-19-14-25-29(4)15-19)27-20(18)31-16-22(17-31,5-6-23)32-11-9-30(10-12-32)8-7-28(2)3/h13-15H,5,7-12,16-17H2,1-4H3,(H,24,26,27). The first-order valence-corrected chi connectivity index (χ1v) is 11.2. The van der Waals surface area contributed by atoms with Gasteiger partial charge < -0.3 is 15.1 Å². The summed E-state index contributed by atoms with van der Waals surface area (Å²) in [6.45, 7) is 10.0. The zero-order valence-electron chi connectivity index (χ0n) is 19.6. The van der Waals surface area contributed by atoms with E-state index in [1.165, 1.54) is 0 Å². The summed E-state index contributed by atoms with van der Waals surface area (Å²) in [7, 11) is 6.12. The SMILES string of the molecule is Cc1cnc(Nc2cnn(C)c2)nc1N1CC(CC#N)(N2CCN(CCN(C)C)CC2)C1. The summed E-state index contributed by atoms with van der Waals surface area (Å²) in [5, 5.41) is 17.0. The molecule has 2 fully saturated rings. The third kappa shape index (κ3) is 4.85. The van der Waals surface area contributed by atoms with Crippen molar-refractivity contribution < 1.29 is 0 Å². The molecule has 2 aliphatic heterocycles. The van der Waals surface area contributed by atoms with Crippen molar-refractivity contribution >= 4 is 17.5 Å². The first kappa shape index (κ1) is 22.5. The summed E-state index contributed by atoms with van der Waals surface area (Å²) in [6.07, 6.45) is 6.05. The van der Waals surface area contributed by atoms with E-state index in [0.29, 0.717) is 12.4 Å². The number of piperazine rings is 1. The van der Waals surface area contributed by atoms with Crippen LogP contribution in [0, 0.1) is 18.3 Å². The fourth-order valence-electron chi connectivity index (χ4n) is 4.60. The Kier molecular flexibility index (Phi) is 6.60. The molecule has 32 heavy (non-hydrogen) atoms. The van der Waals surface area contributed by atoms with Crippen LogP contribution in [-0.4, -0.2) is 106 Å². The van der Waals surface area contributed by atoms with Crippen LogP contribution < -0.4 is 10.2 Å². The van der Waals surface area contributed by atoms with Crippen LogP contribution in [0.4, 0.5) is 17.5 Å². The lowest BCUT2D eigenvalue weighted by Gasteiger charge is -2.57. The second-order valence-corrected chi connectivity index (χ2v) is 9.28. The number of hydrogen-bond acceptors (Lipinski definition) is 9. The Morgan fingerprint density at radius 1 is 1.19 bits per heavy atom. The molecule has 4 rings (SSSR count). The van der Waals surface area contributed by atoms with E-state index >= 15 is 0 Å². The molecule has 1 N–H and O–H groups in total. The maximum absolute atomic E-state index is 9.56. The van der Waals surface area contributed by atoms with Gasteiger partial charge in [-0.25, -0.2) is 4.98 Å². The molecule has 2 aliphatic rings. The van der Waals surface area contributed by atoms with Crippen LogP contribution in [-0.2, 0) is 7.05 Å². The van der Waals surface area contributed by atoms with Gasteiger partial charge in [0, 0.05) is 77.4 Å². The van der Waals surface area contributed by atoms with Crippen molar-refractivity contribution in [1.82, 2.24) is 34.4 Å². The minimum absolute atomic E-state index is 0.0866. The summed E-state index contributed by atoms with van der Waals surface area (Å²) in [4.78, 5) is 18.8. The van der Waals surface area contributed by atoms with Gasteiger partial charge in [0.05, 0.1) is 29.9 Å². The number of aromatic nitrogens is 4. The van der Waals surface area contributed by atoms with Crippen molar-refractivity contribution in [2.24, 2.45) is 7.05 Å². The molecule has 2 aromatic rings. The quantitative estimate of drug-likeness (QED) is 0.646. The first-order chi connectivity index (χ1) is 15.4. The molecular weight excluding hydrogens is 404 g/mol. The van der Waals surface area contributed by atoms with Gasteiger partial charge in [0.2, 0.25) is 5.95 Å². The van der Waals surface area contributed by atoms with E-state index in [0.717, 1.165) is 69.4 Å². The largest absolute Gasteiger partial charge is 0.352 e. The molecule has 2 saturated heterocycles. The Balaban J connectivity index is 1.40. The number of rotatable bonds is 8. The summed E-state index contributed by atoms with van der Waals surface area (Å²) in [5.41, 5.74) is 1.81. The highest BCUT2D eigenvalue weighted by atomic mass is 15.4. The molecule has 0 radical (unpaired) electrons. The van der Waals surface area contributed by atoms with Crippen LogP contribution in [0.15, 0.2) is 18.6 Å². The summed E-state index contributed by atoms with van der Waals surface area (Å²) in [6, 6.07) is 2.45. The van der Waals surface area contributed by atoms with Gasteiger partial charge in [0.1, 0.15) is 5.82 Å². The number of anilines is 3. The van der Waals surface area contributed by atoms with E-state index in [1.807, 2.05) is 26.4 Å². The number of nitriles is 1. The Bertz CT molecular complexity index is 948. The van der Waals surface area contributed by atoms with Crippen LogP contribution in [0.2, 0.25) is 0 Å². The number of hydrogen-bond donors (Lipinski definition) is 1. The van der Waals surface area contributed by atoms with Gasteiger partial charge in [-0.1, -0.05) is 0 Å². The van der Waals surface area contributed by atoms with Crippen LogP contribution in [0.5, 0.6) is 0 Å². The normalized spacial score (nSPS) is 19.1. The molecule has 4 heterocycles. The average molecular weight is 439 g/mol. The maximum Gasteiger partial charge on any atom is 0.229 e. The van der Waals surface area contributed by atoms with Gasteiger partial charge >= 0.3 is 0 Å². The lowest BCUT2D eigenvalue weighted by atomic mass is 9.83. The smallest absolute Gasteiger partial charge is 0.229 e. The summed E-state index contributed by atoms with van der Waals surface area (Å²) < 4.78 is 1.74. The Labute approximate surface area is 190 Å². The van der Waals surface area contributed by atoms with Crippen molar-refractivity contribution in [3.05, 3.63) is 24.2 Å².